The van der Waals surface area contributed by atoms with Gasteiger partial charge in [0.15, 0.2) is 11.8 Å². The van der Waals surface area contributed by atoms with Crippen molar-refractivity contribution in [2.45, 2.75) is 36.4 Å². The van der Waals surface area contributed by atoms with Gasteiger partial charge in [-0.05, 0) is 29.2 Å². The van der Waals surface area contributed by atoms with Gasteiger partial charge in [-0.15, -0.1) is 0 Å². The number of aliphatic imine (C=N–C) groups is 1. The second-order valence-corrected chi connectivity index (χ2v) is 9.77. The maximum Gasteiger partial charge on any atom is 0.173 e. The van der Waals surface area contributed by atoms with E-state index in [9.17, 15) is 10.2 Å². The number of aliphatic hydroxyl groups excluding tert-OH is 1. The van der Waals surface area contributed by atoms with Crippen LogP contribution in [0.1, 0.15) is 24.0 Å². The molecule has 7 atom stereocenters. The van der Waals surface area contributed by atoms with Crippen LogP contribution in [0.2, 0.25) is 0 Å². The van der Waals surface area contributed by atoms with Crippen LogP contribution >= 0.6 is 27.5 Å². The maximum absolute atomic E-state index is 12.4. The minimum atomic E-state index is -1.69. The third kappa shape index (κ3) is 2.75. The van der Waals surface area contributed by atoms with Gasteiger partial charge in [0.1, 0.15) is 16.5 Å². The number of benzene rings is 2. The second-order valence-electron chi connectivity index (χ2n) is 8.46. The fourth-order valence-corrected chi connectivity index (χ4v) is 6.30. The normalized spacial score (nSPS) is 38.7. The number of hydrogen-bond acceptors (Lipinski definition) is 5. The molecule has 0 spiro atoms. The Labute approximate surface area is 194 Å². The van der Waals surface area contributed by atoms with Crippen molar-refractivity contribution in [3.05, 3.63) is 82.0 Å². The van der Waals surface area contributed by atoms with E-state index < -0.39 is 29.5 Å². The molecule has 31 heavy (non-hydrogen) atoms. The van der Waals surface area contributed by atoms with Crippen molar-refractivity contribution in [3.8, 4) is 0 Å². The molecular formula is C24H23BrClNO4. The van der Waals surface area contributed by atoms with Gasteiger partial charge in [0.05, 0.1) is 12.0 Å². The van der Waals surface area contributed by atoms with Crippen molar-refractivity contribution < 1.29 is 19.7 Å². The smallest absolute Gasteiger partial charge is 0.173 e. The van der Waals surface area contributed by atoms with E-state index in [4.69, 9.17) is 21.1 Å². The van der Waals surface area contributed by atoms with Gasteiger partial charge in [0.2, 0.25) is 0 Å². The van der Waals surface area contributed by atoms with E-state index in [2.05, 4.69) is 20.9 Å². The first kappa shape index (κ1) is 21.2. The second kappa shape index (κ2) is 7.42. The number of halogens is 2. The zero-order valence-corrected chi connectivity index (χ0v) is 19.4. The molecule has 3 aliphatic rings. The summed E-state index contributed by atoms with van der Waals surface area (Å²) in [6.45, 7) is 1.95. The Bertz CT molecular complexity index is 1060. The molecule has 2 aliphatic heterocycles. The summed E-state index contributed by atoms with van der Waals surface area (Å²) in [5, 5.41) is 24.2. The fraction of sp³-hybridized carbons (Fsp3) is 0.375. The van der Waals surface area contributed by atoms with E-state index in [1.165, 1.54) is 7.11 Å². The summed E-state index contributed by atoms with van der Waals surface area (Å²) in [6.07, 6.45) is -0.230. The Morgan fingerprint density at radius 1 is 1.10 bits per heavy atom. The minimum absolute atomic E-state index is 0.242. The molecule has 1 saturated carbocycles. The molecule has 2 aromatic carbocycles. The van der Waals surface area contributed by atoms with Gasteiger partial charge in [-0.3, -0.25) is 0 Å². The van der Waals surface area contributed by atoms with Crippen molar-refractivity contribution in [2.24, 2.45) is 16.8 Å². The highest BCUT2D eigenvalue weighted by Crippen LogP contribution is 2.69. The van der Waals surface area contributed by atoms with E-state index in [0.29, 0.717) is 5.76 Å². The number of dihydropyridines is 1. The highest BCUT2D eigenvalue weighted by molar-refractivity contribution is 9.10. The molecule has 2 aromatic rings. The van der Waals surface area contributed by atoms with Crippen molar-refractivity contribution in [3.63, 3.8) is 0 Å². The van der Waals surface area contributed by atoms with Crippen LogP contribution in [-0.4, -0.2) is 40.4 Å². The van der Waals surface area contributed by atoms with Gasteiger partial charge in [-0.2, -0.15) is 0 Å². The average molecular weight is 505 g/mol. The van der Waals surface area contributed by atoms with Crippen molar-refractivity contribution >= 4 is 32.7 Å². The van der Waals surface area contributed by atoms with E-state index in [1.807, 2.05) is 61.5 Å². The number of methoxy groups -OCH3 is 1. The Kier molecular flexibility index (Phi) is 5.07. The summed E-state index contributed by atoms with van der Waals surface area (Å²) >= 11 is 9.74. The number of nitrogens with zero attached hydrogens (tertiary/aromatic N) is 1. The van der Waals surface area contributed by atoms with Crippen molar-refractivity contribution in [1.29, 1.82) is 0 Å². The number of aliphatic hydroxyl groups is 2. The Balaban J connectivity index is 1.81. The van der Waals surface area contributed by atoms with E-state index >= 15 is 0 Å². The molecule has 5 rings (SSSR count). The topological polar surface area (TPSA) is 71.3 Å². The monoisotopic (exact) mass is 503 g/mol. The van der Waals surface area contributed by atoms with Crippen LogP contribution in [0.5, 0.6) is 0 Å². The molecule has 2 fully saturated rings. The summed E-state index contributed by atoms with van der Waals surface area (Å²) < 4.78 is 13.2. The summed E-state index contributed by atoms with van der Waals surface area (Å²) in [5.74, 6) is -0.840. The summed E-state index contributed by atoms with van der Waals surface area (Å²) in [7, 11) is 1.52. The van der Waals surface area contributed by atoms with Crippen LogP contribution in [0, 0.1) is 11.8 Å². The van der Waals surface area contributed by atoms with Crippen LogP contribution in [0.25, 0.3) is 0 Å². The van der Waals surface area contributed by atoms with Crippen molar-refractivity contribution in [2.75, 3.05) is 7.11 Å². The SMILES string of the molecule is COC1N=C(Cl)C=C2O[C@@]3(c4ccc(Br)cc4)[C@H](c4ccccc4)[C@@H](C)[C@@H](O)[C@@]3(O)C21. The minimum Gasteiger partial charge on any atom is -0.482 e. The molecule has 0 bridgehead atoms. The number of ether oxygens (including phenoxy) is 2. The first-order chi connectivity index (χ1) is 14.8. The lowest BCUT2D eigenvalue weighted by Crippen LogP contribution is -2.58. The average Bonchev–Trinajstić information content (AvgIpc) is 3.12. The lowest BCUT2D eigenvalue weighted by molar-refractivity contribution is -0.171. The Morgan fingerprint density at radius 3 is 2.42 bits per heavy atom. The molecule has 0 aromatic heterocycles. The predicted molar refractivity (Wildman–Crippen MR) is 122 cm³/mol. The van der Waals surface area contributed by atoms with Crippen LogP contribution in [0.3, 0.4) is 0 Å². The number of rotatable bonds is 3. The van der Waals surface area contributed by atoms with Gasteiger partial charge < -0.3 is 19.7 Å². The molecule has 0 radical (unpaired) electrons. The first-order valence-corrected chi connectivity index (χ1v) is 11.4. The molecule has 5 nitrogen and oxygen atoms in total. The van der Waals surface area contributed by atoms with Crippen LogP contribution < -0.4 is 0 Å². The van der Waals surface area contributed by atoms with Gasteiger partial charge in [0, 0.05) is 23.6 Å². The summed E-state index contributed by atoms with van der Waals surface area (Å²) in [6, 6.07) is 17.6. The summed E-state index contributed by atoms with van der Waals surface area (Å²) in [5.41, 5.74) is -1.18. The zero-order valence-electron chi connectivity index (χ0n) is 17.1. The zero-order chi connectivity index (χ0) is 22.0. The third-order valence-corrected chi connectivity index (χ3v) is 7.77. The number of allylic oxidation sites excluding steroid dienone is 1. The van der Waals surface area contributed by atoms with Crippen LogP contribution in [-0.2, 0) is 15.1 Å². The predicted octanol–water partition coefficient (Wildman–Crippen LogP) is 4.32. The molecule has 2 heterocycles. The molecule has 2 N–H and O–H groups in total. The summed E-state index contributed by atoms with van der Waals surface area (Å²) in [4.78, 5) is 4.37. The maximum atomic E-state index is 12.4. The fourth-order valence-electron chi connectivity index (χ4n) is 5.83. The Morgan fingerprint density at radius 2 is 1.77 bits per heavy atom. The molecule has 1 saturated heterocycles. The molecule has 7 heteroatoms. The number of hydrogen-bond donors (Lipinski definition) is 2. The Hall–Kier alpha value is -1.70. The highest BCUT2D eigenvalue weighted by atomic mass is 79.9. The van der Waals surface area contributed by atoms with E-state index in [0.717, 1.165) is 15.6 Å². The van der Waals surface area contributed by atoms with Gasteiger partial charge in [-0.1, -0.05) is 76.9 Å². The highest BCUT2D eigenvalue weighted by Gasteiger charge is 2.79. The van der Waals surface area contributed by atoms with E-state index in [-0.39, 0.29) is 17.0 Å². The van der Waals surface area contributed by atoms with Gasteiger partial charge in [-0.25, -0.2) is 4.99 Å². The standard InChI is InChI=1S/C24H23BrClNO4/c1-13-19(14-6-4-3-5-7-14)24(15-8-10-16(25)11-9-15)23(29,21(13)28)20-17(31-24)12-18(26)27-22(20)30-2/h3-13,19-22,28-29H,1-2H3/t13-,19+,20?,21-,22?,23+,24+/m1/s1. The molecule has 2 unspecified atom stereocenters. The van der Waals surface area contributed by atoms with Gasteiger partial charge in [0.25, 0.3) is 0 Å². The van der Waals surface area contributed by atoms with Crippen LogP contribution in [0.15, 0.2) is 75.9 Å². The molecule has 0 amide bonds. The molecule has 162 valence electrons. The lowest BCUT2D eigenvalue weighted by atomic mass is 9.68. The third-order valence-electron chi connectivity index (χ3n) is 7.04. The molecular weight excluding hydrogens is 482 g/mol. The number of fused-ring (bicyclic) bond motifs is 3. The van der Waals surface area contributed by atoms with E-state index in [1.54, 1.807) is 6.08 Å². The quantitative estimate of drug-likeness (QED) is 0.653. The lowest BCUT2D eigenvalue weighted by Gasteiger charge is -2.42. The van der Waals surface area contributed by atoms with Crippen LogP contribution in [0.4, 0.5) is 0 Å². The largest absolute Gasteiger partial charge is 0.482 e. The first-order valence-electron chi connectivity index (χ1n) is 10.2. The van der Waals surface area contributed by atoms with Gasteiger partial charge >= 0.3 is 0 Å². The van der Waals surface area contributed by atoms with Crippen molar-refractivity contribution in [1.82, 2.24) is 0 Å². The molecule has 1 aliphatic carbocycles.